The van der Waals surface area contributed by atoms with Crippen LogP contribution in [-0.2, 0) is 17.1 Å². The summed E-state index contributed by atoms with van der Waals surface area (Å²) in [6.45, 7) is 0. The molecule has 1 heterocycles. The van der Waals surface area contributed by atoms with Gasteiger partial charge in [-0.05, 0) is 0 Å². The summed E-state index contributed by atoms with van der Waals surface area (Å²) in [5, 5.41) is 6.92. The highest BCUT2D eigenvalue weighted by molar-refractivity contribution is 7.89. The lowest BCUT2D eigenvalue weighted by atomic mass is 10.5. The van der Waals surface area contributed by atoms with Gasteiger partial charge in [-0.1, -0.05) is 5.21 Å². The van der Waals surface area contributed by atoms with Gasteiger partial charge in [-0.15, -0.1) is 5.10 Å². The quantitative estimate of drug-likeness (QED) is 0.633. The van der Waals surface area contributed by atoms with E-state index >= 15 is 0 Å². The van der Waals surface area contributed by atoms with E-state index in [2.05, 4.69) is 10.3 Å². The van der Waals surface area contributed by atoms with Gasteiger partial charge in [0.25, 0.3) is 5.91 Å². The molecule has 72 valence electrons. The van der Waals surface area contributed by atoms with Gasteiger partial charge in [0.15, 0.2) is 5.69 Å². The largest absolute Gasteiger partial charge is 0.286 e. The summed E-state index contributed by atoms with van der Waals surface area (Å²) in [6.07, 6.45) is 2.21. The molecule has 0 aliphatic rings. The first-order valence-corrected chi connectivity index (χ1v) is 5.16. The van der Waals surface area contributed by atoms with Crippen molar-refractivity contribution in [1.29, 1.82) is 0 Å². The summed E-state index contributed by atoms with van der Waals surface area (Å²) in [5.41, 5.74) is -0.0343. The number of amides is 1. The number of aromatic nitrogens is 3. The van der Waals surface area contributed by atoms with Gasteiger partial charge >= 0.3 is 0 Å². The van der Waals surface area contributed by atoms with Crippen LogP contribution in [0.25, 0.3) is 0 Å². The van der Waals surface area contributed by atoms with Crippen molar-refractivity contribution in [2.75, 3.05) is 6.26 Å². The van der Waals surface area contributed by atoms with Crippen LogP contribution in [0.3, 0.4) is 0 Å². The average molecular weight is 204 g/mol. The first-order chi connectivity index (χ1) is 5.88. The Bertz CT molecular complexity index is 421. The Labute approximate surface area is 74.8 Å². The fourth-order valence-electron chi connectivity index (χ4n) is 0.672. The number of aryl methyl sites for hydroxylation is 1. The molecule has 0 unspecified atom stereocenters. The zero-order chi connectivity index (χ0) is 10.1. The van der Waals surface area contributed by atoms with Crippen LogP contribution in [0.4, 0.5) is 0 Å². The standard InChI is InChI=1S/C5H8N4O3S/c1-9-3-4(6-8-9)5(10)7-13(2,11)12/h3H,1-2H3,(H,7,10). The van der Waals surface area contributed by atoms with E-state index in [1.54, 1.807) is 11.8 Å². The van der Waals surface area contributed by atoms with Gasteiger partial charge in [0, 0.05) is 7.05 Å². The zero-order valence-corrected chi connectivity index (χ0v) is 7.87. The molecular weight excluding hydrogens is 196 g/mol. The number of carbonyl (C=O) groups is 1. The van der Waals surface area contributed by atoms with E-state index in [0.29, 0.717) is 0 Å². The van der Waals surface area contributed by atoms with E-state index in [4.69, 9.17) is 0 Å². The van der Waals surface area contributed by atoms with Crippen molar-refractivity contribution >= 4 is 15.9 Å². The fraction of sp³-hybridized carbons (Fsp3) is 0.400. The molecule has 0 aliphatic heterocycles. The minimum Gasteiger partial charge on any atom is -0.266 e. The summed E-state index contributed by atoms with van der Waals surface area (Å²) in [6, 6.07) is 0. The third-order valence-electron chi connectivity index (χ3n) is 1.11. The van der Waals surface area contributed by atoms with Crippen molar-refractivity contribution in [3.63, 3.8) is 0 Å². The highest BCUT2D eigenvalue weighted by Gasteiger charge is 2.13. The third kappa shape index (κ3) is 2.82. The van der Waals surface area contributed by atoms with Crippen molar-refractivity contribution in [3.8, 4) is 0 Å². The molecule has 0 saturated heterocycles. The predicted molar refractivity (Wildman–Crippen MR) is 43.3 cm³/mol. The van der Waals surface area contributed by atoms with Crippen molar-refractivity contribution in [1.82, 2.24) is 19.7 Å². The first-order valence-electron chi connectivity index (χ1n) is 3.27. The molecule has 0 saturated carbocycles. The summed E-state index contributed by atoms with van der Waals surface area (Å²) in [5.74, 6) is -0.782. The first kappa shape index (κ1) is 9.65. The van der Waals surface area contributed by atoms with Gasteiger partial charge in [0.05, 0.1) is 12.5 Å². The maximum atomic E-state index is 11.1. The highest BCUT2D eigenvalue weighted by Crippen LogP contribution is 1.91. The van der Waals surface area contributed by atoms with Crippen LogP contribution in [0, 0.1) is 0 Å². The summed E-state index contributed by atoms with van der Waals surface area (Å²) < 4.78 is 24.3. The molecule has 0 radical (unpaired) electrons. The van der Waals surface area contributed by atoms with Crippen LogP contribution in [0.5, 0.6) is 0 Å². The lowest BCUT2D eigenvalue weighted by Gasteiger charge is -1.96. The van der Waals surface area contributed by atoms with E-state index < -0.39 is 15.9 Å². The van der Waals surface area contributed by atoms with E-state index in [1.807, 2.05) is 0 Å². The average Bonchev–Trinajstić information content (AvgIpc) is 2.31. The highest BCUT2D eigenvalue weighted by atomic mass is 32.2. The molecule has 1 aromatic heterocycles. The topological polar surface area (TPSA) is 94.0 Å². The van der Waals surface area contributed by atoms with Crippen LogP contribution >= 0.6 is 0 Å². The van der Waals surface area contributed by atoms with Gasteiger partial charge < -0.3 is 0 Å². The Morgan fingerprint density at radius 1 is 1.62 bits per heavy atom. The fourth-order valence-corrected chi connectivity index (χ4v) is 1.11. The maximum Gasteiger partial charge on any atom is 0.286 e. The normalized spacial score (nSPS) is 11.2. The van der Waals surface area contributed by atoms with Crippen molar-refractivity contribution in [3.05, 3.63) is 11.9 Å². The maximum absolute atomic E-state index is 11.1. The van der Waals surface area contributed by atoms with E-state index in [-0.39, 0.29) is 5.69 Å². The molecule has 0 spiro atoms. The van der Waals surface area contributed by atoms with Crippen LogP contribution in [0.2, 0.25) is 0 Å². The van der Waals surface area contributed by atoms with Crippen LogP contribution in [0.15, 0.2) is 6.20 Å². The molecule has 0 atom stereocenters. The number of sulfonamides is 1. The Morgan fingerprint density at radius 3 is 2.62 bits per heavy atom. The molecule has 0 bridgehead atoms. The van der Waals surface area contributed by atoms with Gasteiger partial charge in [-0.2, -0.15) is 0 Å². The second-order valence-electron chi connectivity index (χ2n) is 2.48. The molecule has 7 nitrogen and oxygen atoms in total. The van der Waals surface area contributed by atoms with Gasteiger partial charge in [0.2, 0.25) is 10.0 Å². The Hall–Kier alpha value is -1.44. The third-order valence-corrected chi connectivity index (χ3v) is 1.67. The number of hydrogen-bond donors (Lipinski definition) is 1. The lowest BCUT2D eigenvalue weighted by molar-refractivity contribution is 0.0977. The molecule has 0 fully saturated rings. The molecule has 1 amide bonds. The molecule has 1 N–H and O–H groups in total. The number of hydrogen-bond acceptors (Lipinski definition) is 5. The van der Waals surface area contributed by atoms with Crippen LogP contribution < -0.4 is 4.72 Å². The minimum atomic E-state index is -3.54. The molecule has 8 heteroatoms. The predicted octanol–water partition coefficient (Wildman–Crippen LogP) is -1.50. The molecule has 0 aromatic carbocycles. The van der Waals surface area contributed by atoms with Crippen molar-refractivity contribution < 1.29 is 13.2 Å². The molecule has 13 heavy (non-hydrogen) atoms. The summed E-state index contributed by atoms with van der Waals surface area (Å²) in [4.78, 5) is 11.1. The van der Waals surface area contributed by atoms with Gasteiger partial charge in [-0.3, -0.25) is 9.48 Å². The van der Waals surface area contributed by atoms with Crippen molar-refractivity contribution in [2.24, 2.45) is 7.05 Å². The Kier molecular flexibility index (Phi) is 2.32. The smallest absolute Gasteiger partial charge is 0.266 e. The Balaban J connectivity index is 2.81. The lowest BCUT2D eigenvalue weighted by Crippen LogP contribution is -2.29. The summed E-state index contributed by atoms with van der Waals surface area (Å²) in [7, 11) is -1.97. The SMILES string of the molecule is Cn1cc(C(=O)NS(C)(=O)=O)nn1. The van der Waals surface area contributed by atoms with E-state index in [0.717, 1.165) is 6.26 Å². The Morgan fingerprint density at radius 2 is 2.23 bits per heavy atom. The zero-order valence-electron chi connectivity index (χ0n) is 7.05. The second kappa shape index (κ2) is 3.13. The minimum absolute atomic E-state index is 0.0343. The second-order valence-corrected chi connectivity index (χ2v) is 4.23. The number of carbonyl (C=O) groups excluding carboxylic acids is 1. The molecule has 0 aliphatic carbocycles. The number of nitrogens with one attached hydrogen (secondary N) is 1. The van der Waals surface area contributed by atoms with Crippen LogP contribution in [-0.4, -0.2) is 35.6 Å². The summed E-state index contributed by atoms with van der Waals surface area (Å²) >= 11 is 0. The molecule has 1 aromatic rings. The number of nitrogens with zero attached hydrogens (tertiary/aromatic N) is 3. The van der Waals surface area contributed by atoms with Gasteiger partial charge in [-0.25, -0.2) is 13.1 Å². The van der Waals surface area contributed by atoms with E-state index in [9.17, 15) is 13.2 Å². The molecule has 1 rings (SSSR count). The van der Waals surface area contributed by atoms with Crippen molar-refractivity contribution in [2.45, 2.75) is 0 Å². The van der Waals surface area contributed by atoms with E-state index in [1.165, 1.54) is 10.9 Å². The van der Waals surface area contributed by atoms with Gasteiger partial charge in [0.1, 0.15) is 0 Å². The van der Waals surface area contributed by atoms with Crippen LogP contribution in [0.1, 0.15) is 10.5 Å². The molecular formula is C5H8N4O3S. The monoisotopic (exact) mass is 204 g/mol. The number of rotatable bonds is 2.